The number of carbonyl (C=O) groups is 1. The van der Waals surface area contributed by atoms with Crippen molar-refractivity contribution in [3.05, 3.63) is 18.5 Å². The van der Waals surface area contributed by atoms with Crippen LogP contribution in [-0.4, -0.2) is 67.9 Å². The number of rotatable bonds is 5. The second-order valence-corrected chi connectivity index (χ2v) is 5.90. The Bertz CT molecular complexity index is 470. The molecule has 7 heteroatoms. The predicted molar refractivity (Wildman–Crippen MR) is 81.8 cm³/mol. The van der Waals surface area contributed by atoms with Gasteiger partial charge in [0.1, 0.15) is 0 Å². The molecule has 1 atom stereocenters. The summed E-state index contributed by atoms with van der Waals surface area (Å²) in [6, 6.07) is 1.82. The summed E-state index contributed by atoms with van der Waals surface area (Å²) in [4.78, 5) is 24.0. The van der Waals surface area contributed by atoms with Crippen LogP contribution in [0.1, 0.15) is 12.8 Å². The van der Waals surface area contributed by atoms with E-state index in [0.29, 0.717) is 13.1 Å². The van der Waals surface area contributed by atoms with Crippen LogP contribution >= 0.6 is 0 Å². The minimum absolute atomic E-state index is 0.120. The molecule has 0 saturated carbocycles. The fourth-order valence-electron chi connectivity index (χ4n) is 2.98. The van der Waals surface area contributed by atoms with Crippen LogP contribution < -0.4 is 15.1 Å². The van der Waals surface area contributed by atoms with Crippen molar-refractivity contribution < 1.29 is 14.4 Å². The van der Waals surface area contributed by atoms with Crippen LogP contribution in [0.4, 0.5) is 5.95 Å². The van der Waals surface area contributed by atoms with Gasteiger partial charge in [0.15, 0.2) is 6.54 Å². The highest BCUT2D eigenvalue weighted by atomic mass is 16.5. The van der Waals surface area contributed by atoms with Crippen LogP contribution in [0, 0.1) is 0 Å². The number of hydrogen-bond donors (Lipinski definition) is 2. The maximum Gasteiger partial charge on any atom is 0.275 e. The van der Waals surface area contributed by atoms with E-state index in [-0.39, 0.29) is 12.0 Å². The Balaban J connectivity index is 1.37. The number of carbonyl (C=O) groups excluding carboxylic acids is 1. The first kappa shape index (κ1) is 15.2. The van der Waals surface area contributed by atoms with Crippen LogP contribution in [0.3, 0.4) is 0 Å². The minimum atomic E-state index is 0.120. The van der Waals surface area contributed by atoms with E-state index < -0.39 is 0 Å². The normalized spacial score (nSPS) is 22.7. The zero-order valence-electron chi connectivity index (χ0n) is 12.8. The molecule has 22 heavy (non-hydrogen) atoms. The van der Waals surface area contributed by atoms with Crippen molar-refractivity contribution in [2.75, 3.05) is 50.8 Å². The topological polar surface area (TPSA) is 71.8 Å². The summed E-state index contributed by atoms with van der Waals surface area (Å²) >= 11 is 0. The molecule has 2 N–H and O–H groups in total. The zero-order valence-corrected chi connectivity index (χ0v) is 12.8. The van der Waals surface area contributed by atoms with E-state index in [2.05, 4.69) is 20.2 Å². The van der Waals surface area contributed by atoms with Gasteiger partial charge in [0.2, 0.25) is 5.95 Å². The number of nitrogens with one attached hydrogen (secondary N) is 2. The van der Waals surface area contributed by atoms with Crippen molar-refractivity contribution in [3.8, 4) is 0 Å². The van der Waals surface area contributed by atoms with Crippen molar-refractivity contribution in [1.82, 2.24) is 15.3 Å². The molecule has 2 saturated heterocycles. The van der Waals surface area contributed by atoms with Crippen molar-refractivity contribution in [2.45, 2.75) is 18.9 Å². The number of hydrogen-bond acceptors (Lipinski definition) is 5. The van der Waals surface area contributed by atoms with Crippen molar-refractivity contribution >= 4 is 11.9 Å². The van der Waals surface area contributed by atoms with E-state index in [1.807, 2.05) is 6.07 Å². The van der Waals surface area contributed by atoms with Crippen LogP contribution in [0.15, 0.2) is 18.5 Å². The van der Waals surface area contributed by atoms with Crippen molar-refractivity contribution in [3.63, 3.8) is 0 Å². The third kappa shape index (κ3) is 4.14. The van der Waals surface area contributed by atoms with Gasteiger partial charge in [-0.25, -0.2) is 9.97 Å². The van der Waals surface area contributed by atoms with Crippen LogP contribution in [-0.2, 0) is 9.53 Å². The fraction of sp³-hybridized carbons (Fsp3) is 0.667. The van der Waals surface area contributed by atoms with E-state index in [1.54, 1.807) is 12.4 Å². The quantitative estimate of drug-likeness (QED) is 0.691. The summed E-state index contributed by atoms with van der Waals surface area (Å²) in [6.07, 6.45) is 5.91. The molecule has 120 valence electrons. The highest BCUT2D eigenvalue weighted by Crippen LogP contribution is 2.10. The fourth-order valence-corrected chi connectivity index (χ4v) is 2.98. The molecular formula is C15H24N5O2+. The SMILES string of the molecule is O=C(C[NH+]1CCN(c2ncccn2)CC1)NC[C@@H]1CCCO1. The molecule has 1 aromatic rings. The van der Waals surface area contributed by atoms with Gasteiger partial charge in [0.05, 0.1) is 32.3 Å². The molecule has 7 nitrogen and oxygen atoms in total. The monoisotopic (exact) mass is 306 g/mol. The second-order valence-electron chi connectivity index (χ2n) is 5.90. The number of quaternary nitrogens is 1. The van der Waals surface area contributed by atoms with E-state index in [4.69, 9.17) is 4.74 Å². The highest BCUT2D eigenvalue weighted by molar-refractivity contribution is 5.76. The molecule has 0 bridgehead atoms. The number of anilines is 1. The van der Waals surface area contributed by atoms with Gasteiger partial charge in [0, 0.05) is 25.5 Å². The first-order valence-electron chi connectivity index (χ1n) is 8.05. The molecule has 2 fully saturated rings. The van der Waals surface area contributed by atoms with Gasteiger partial charge < -0.3 is 19.9 Å². The smallest absolute Gasteiger partial charge is 0.275 e. The molecule has 1 amide bonds. The van der Waals surface area contributed by atoms with Gasteiger partial charge >= 0.3 is 0 Å². The average molecular weight is 306 g/mol. The maximum atomic E-state index is 12.0. The Morgan fingerprint density at radius 1 is 1.36 bits per heavy atom. The Hall–Kier alpha value is -1.73. The number of piperazine rings is 1. The van der Waals surface area contributed by atoms with Crippen LogP contribution in [0.2, 0.25) is 0 Å². The van der Waals surface area contributed by atoms with Crippen molar-refractivity contribution in [1.29, 1.82) is 0 Å². The molecule has 2 aliphatic heterocycles. The Morgan fingerprint density at radius 2 is 2.14 bits per heavy atom. The average Bonchev–Trinajstić information content (AvgIpc) is 3.08. The van der Waals surface area contributed by atoms with E-state index in [0.717, 1.165) is 51.6 Å². The van der Waals surface area contributed by atoms with Gasteiger partial charge in [-0.1, -0.05) is 0 Å². The highest BCUT2D eigenvalue weighted by Gasteiger charge is 2.24. The Morgan fingerprint density at radius 3 is 2.82 bits per heavy atom. The molecule has 0 aromatic carbocycles. The first-order valence-corrected chi connectivity index (χ1v) is 8.05. The van der Waals surface area contributed by atoms with Crippen molar-refractivity contribution in [2.24, 2.45) is 0 Å². The summed E-state index contributed by atoms with van der Waals surface area (Å²) in [5.74, 6) is 0.902. The van der Waals surface area contributed by atoms with Gasteiger partial charge in [-0.2, -0.15) is 0 Å². The minimum Gasteiger partial charge on any atom is -0.376 e. The molecule has 0 unspecified atom stereocenters. The third-order valence-corrected chi connectivity index (χ3v) is 4.27. The largest absolute Gasteiger partial charge is 0.376 e. The van der Waals surface area contributed by atoms with Gasteiger partial charge in [-0.15, -0.1) is 0 Å². The Labute approximate surface area is 130 Å². The summed E-state index contributed by atoms with van der Waals surface area (Å²) in [5, 5.41) is 2.99. The molecule has 0 aliphatic carbocycles. The number of amides is 1. The lowest BCUT2D eigenvalue weighted by Crippen LogP contribution is -3.16. The summed E-state index contributed by atoms with van der Waals surface area (Å²) in [5.41, 5.74) is 0. The lowest BCUT2D eigenvalue weighted by atomic mass is 10.2. The number of nitrogens with zero attached hydrogens (tertiary/aromatic N) is 3. The van der Waals surface area contributed by atoms with E-state index in [9.17, 15) is 4.79 Å². The lowest BCUT2D eigenvalue weighted by Gasteiger charge is -2.31. The molecule has 1 aromatic heterocycles. The molecule has 0 radical (unpaired) electrons. The molecule has 3 heterocycles. The van der Waals surface area contributed by atoms with Crippen LogP contribution in [0.25, 0.3) is 0 Å². The first-order chi connectivity index (χ1) is 10.8. The third-order valence-electron chi connectivity index (χ3n) is 4.27. The second kappa shape index (κ2) is 7.51. The summed E-state index contributed by atoms with van der Waals surface area (Å²) in [7, 11) is 0. The van der Waals surface area contributed by atoms with E-state index >= 15 is 0 Å². The standard InChI is InChI=1S/C15H23N5O2/c21-14(18-11-13-3-1-10-22-13)12-19-6-8-20(9-7-19)15-16-4-2-5-17-15/h2,4-5,13H,1,3,6-12H2,(H,18,21)/p+1/t13-/m0/s1. The summed E-state index contributed by atoms with van der Waals surface area (Å²) in [6.45, 7) is 5.66. The molecule has 3 rings (SSSR count). The Kier molecular flexibility index (Phi) is 5.18. The number of ether oxygens (including phenoxy) is 1. The predicted octanol–water partition coefficient (Wildman–Crippen LogP) is -1.52. The van der Waals surface area contributed by atoms with Gasteiger partial charge in [0.25, 0.3) is 5.91 Å². The van der Waals surface area contributed by atoms with Crippen LogP contribution in [0.5, 0.6) is 0 Å². The molecule has 0 spiro atoms. The van der Waals surface area contributed by atoms with Gasteiger partial charge in [-0.3, -0.25) is 4.79 Å². The molecule has 2 aliphatic rings. The maximum absolute atomic E-state index is 12.0. The van der Waals surface area contributed by atoms with Gasteiger partial charge in [-0.05, 0) is 18.9 Å². The number of aromatic nitrogens is 2. The summed E-state index contributed by atoms with van der Waals surface area (Å²) < 4.78 is 5.51. The zero-order chi connectivity index (χ0) is 15.2. The lowest BCUT2D eigenvalue weighted by molar-refractivity contribution is -0.892. The molecular weight excluding hydrogens is 282 g/mol. The van der Waals surface area contributed by atoms with E-state index in [1.165, 1.54) is 4.90 Å².